The van der Waals surface area contributed by atoms with Crippen LogP contribution in [0, 0.1) is 0 Å². The Bertz CT molecular complexity index is 795. The van der Waals surface area contributed by atoms with Crippen LogP contribution in [-0.4, -0.2) is 40.0 Å². The number of hydrogen-bond acceptors (Lipinski definition) is 5. The minimum atomic E-state index is -0.696. The first-order valence-electron chi connectivity index (χ1n) is 9.29. The predicted octanol–water partition coefficient (Wildman–Crippen LogP) is 4.26. The van der Waals surface area contributed by atoms with Crippen molar-refractivity contribution in [2.45, 2.75) is 37.9 Å². The summed E-state index contributed by atoms with van der Waals surface area (Å²) < 4.78 is 10.6. The lowest BCUT2D eigenvalue weighted by Crippen LogP contribution is -2.59. The van der Waals surface area contributed by atoms with Crippen LogP contribution in [-0.2, 0) is 27.5 Å². The Labute approximate surface area is 170 Å². The zero-order valence-electron chi connectivity index (χ0n) is 16.2. The summed E-state index contributed by atoms with van der Waals surface area (Å²) in [4.78, 5) is 27.1. The van der Waals surface area contributed by atoms with Crippen LogP contribution in [0.3, 0.4) is 0 Å². The molecule has 0 bridgehead atoms. The second kappa shape index (κ2) is 9.15. The van der Waals surface area contributed by atoms with E-state index in [4.69, 9.17) is 9.47 Å². The fourth-order valence-corrected chi connectivity index (χ4v) is 4.40. The number of ether oxygens (including phenoxy) is 2. The third-order valence-corrected chi connectivity index (χ3v) is 6.02. The van der Waals surface area contributed by atoms with Gasteiger partial charge in [0, 0.05) is 17.0 Å². The van der Waals surface area contributed by atoms with Crippen LogP contribution < -0.4 is 0 Å². The zero-order chi connectivity index (χ0) is 20.0. The summed E-state index contributed by atoms with van der Waals surface area (Å²) in [6.45, 7) is 4.73. The lowest BCUT2D eigenvalue weighted by atomic mass is 10.0. The SMILES string of the molecule is CC1(C)SCCN(C(=O)OCc2ccccc2)[C@@H]1C(=O)OCc1ccccc1. The molecular weight excluding hydrogens is 374 g/mol. The minimum absolute atomic E-state index is 0.176. The van der Waals surface area contributed by atoms with Gasteiger partial charge in [-0.25, -0.2) is 9.59 Å². The van der Waals surface area contributed by atoms with Crippen LogP contribution in [0.25, 0.3) is 0 Å². The van der Waals surface area contributed by atoms with Crippen LogP contribution in [0.15, 0.2) is 60.7 Å². The summed E-state index contributed by atoms with van der Waals surface area (Å²) in [5.41, 5.74) is 1.82. The summed E-state index contributed by atoms with van der Waals surface area (Å²) in [5, 5.41) is 0. The van der Waals surface area contributed by atoms with E-state index in [1.807, 2.05) is 74.5 Å². The molecule has 0 saturated carbocycles. The summed E-state index contributed by atoms with van der Waals surface area (Å²) in [5.74, 6) is 0.341. The fourth-order valence-electron chi connectivity index (χ4n) is 3.21. The van der Waals surface area contributed by atoms with E-state index >= 15 is 0 Å². The van der Waals surface area contributed by atoms with Gasteiger partial charge < -0.3 is 9.47 Å². The highest BCUT2D eigenvalue weighted by atomic mass is 32.2. The molecule has 2 aromatic rings. The Morgan fingerprint density at radius 1 is 0.964 bits per heavy atom. The number of benzene rings is 2. The van der Waals surface area contributed by atoms with Crippen molar-refractivity contribution in [1.82, 2.24) is 4.90 Å². The summed E-state index contributed by atoms with van der Waals surface area (Å²) in [6, 6.07) is 18.3. The number of carbonyl (C=O) groups excluding carboxylic acids is 2. The van der Waals surface area contributed by atoms with Gasteiger partial charge in [0.15, 0.2) is 0 Å². The monoisotopic (exact) mass is 399 g/mol. The molecule has 0 aliphatic carbocycles. The lowest BCUT2D eigenvalue weighted by molar-refractivity contribution is -0.152. The van der Waals surface area contributed by atoms with Crippen molar-refractivity contribution >= 4 is 23.8 Å². The number of nitrogens with zero attached hydrogens (tertiary/aromatic N) is 1. The third kappa shape index (κ3) is 5.07. The van der Waals surface area contributed by atoms with Crippen LogP contribution in [0.5, 0.6) is 0 Å². The van der Waals surface area contributed by atoms with E-state index in [9.17, 15) is 9.59 Å². The van der Waals surface area contributed by atoms with Gasteiger partial charge in [0.1, 0.15) is 19.3 Å². The quantitative estimate of drug-likeness (QED) is 0.703. The Hall–Kier alpha value is -2.47. The topological polar surface area (TPSA) is 55.8 Å². The molecule has 28 heavy (non-hydrogen) atoms. The maximum atomic E-state index is 12.9. The van der Waals surface area contributed by atoms with E-state index in [2.05, 4.69) is 0 Å². The van der Waals surface area contributed by atoms with Crippen molar-refractivity contribution in [2.75, 3.05) is 12.3 Å². The molecule has 1 aliphatic heterocycles. The maximum Gasteiger partial charge on any atom is 0.410 e. The average Bonchev–Trinajstić information content (AvgIpc) is 2.71. The van der Waals surface area contributed by atoms with Gasteiger partial charge in [0.05, 0.1) is 0 Å². The highest BCUT2D eigenvalue weighted by Crippen LogP contribution is 2.36. The third-order valence-electron chi connectivity index (χ3n) is 4.66. The Balaban J connectivity index is 1.67. The van der Waals surface area contributed by atoms with E-state index in [0.717, 1.165) is 16.9 Å². The summed E-state index contributed by atoms with van der Waals surface area (Å²) >= 11 is 1.66. The largest absolute Gasteiger partial charge is 0.459 e. The number of esters is 1. The second-order valence-electron chi connectivity index (χ2n) is 7.18. The molecule has 3 rings (SSSR count). The molecule has 1 fully saturated rings. The Kier molecular flexibility index (Phi) is 6.62. The molecule has 148 valence electrons. The number of thioether (sulfide) groups is 1. The molecule has 1 aliphatic rings. The molecule has 0 unspecified atom stereocenters. The first-order valence-corrected chi connectivity index (χ1v) is 10.3. The number of carbonyl (C=O) groups is 2. The first-order chi connectivity index (χ1) is 13.5. The molecule has 0 spiro atoms. The van der Waals surface area contributed by atoms with Crippen molar-refractivity contribution in [3.05, 3.63) is 71.8 Å². The van der Waals surface area contributed by atoms with Gasteiger partial charge in [0.25, 0.3) is 0 Å². The normalized spacial score (nSPS) is 18.4. The maximum absolute atomic E-state index is 12.9. The second-order valence-corrected chi connectivity index (χ2v) is 8.93. The lowest BCUT2D eigenvalue weighted by Gasteiger charge is -2.43. The van der Waals surface area contributed by atoms with Gasteiger partial charge in [-0.2, -0.15) is 11.8 Å². The molecule has 6 heteroatoms. The summed E-state index contributed by atoms with van der Waals surface area (Å²) in [7, 11) is 0. The standard InChI is InChI=1S/C22H25NO4S/c1-22(2)19(20(24)26-15-17-9-5-3-6-10-17)23(13-14-28-22)21(25)27-16-18-11-7-4-8-12-18/h3-12,19H,13-16H2,1-2H3/t19-/m1/s1. The molecule has 0 N–H and O–H groups in total. The predicted molar refractivity (Wildman–Crippen MR) is 110 cm³/mol. The highest BCUT2D eigenvalue weighted by molar-refractivity contribution is 8.00. The van der Waals surface area contributed by atoms with Gasteiger partial charge in [-0.3, -0.25) is 4.90 Å². The number of amides is 1. The molecule has 1 heterocycles. The first kappa shape index (κ1) is 20.3. The van der Waals surface area contributed by atoms with E-state index in [1.165, 1.54) is 4.90 Å². The van der Waals surface area contributed by atoms with Crippen LogP contribution >= 0.6 is 11.8 Å². The van der Waals surface area contributed by atoms with Crippen molar-refractivity contribution in [2.24, 2.45) is 0 Å². The molecule has 1 atom stereocenters. The number of rotatable bonds is 5. The van der Waals surface area contributed by atoms with E-state index in [1.54, 1.807) is 11.8 Å². The highest BCUT2D eigenvalue weighted by Gasteiger charge is 2.46. The van der Waals surface area contributed by atoms with E-state index in [0.29, 0.717) is 6.54 Å². The Morgan fingerprint density at radius 2 is 1.50 bits per heavy atom. The van der Waals surface area contributed by atoms with Crippen LogP contribution in [0.1, 0.15) is 25.0 Å². The fraction of sp³-hybridized carbons (Fsp3) is 0.364. The van der Waals surface area contributed by atoms with Crippen molar-refractivity contribution in [3.8, 4) is 0 Å². The molecule has 1 amide bonds. The van der Waals surface area contributed by atoms with Crippen LogP contribution in [0.2, 0.25) is 0 Å². The zero-order valence-corrected chi connectivity index (χ0v) is 17.0. The van der Waals surface area contributed by atoms with Gasteiger partial charge in [-0.15, -0.1) is 0 Å². The molecule has 2 aromatic carbocycles. The van der Waals surface area contributed by atoms with Crippen molar-refractivity contribution in [3.63, 3.8) is 0 Å². The van der Waals surface area contributed by atoms with Gasteiger partial charge in [0.2, 0.25) is 0 Å². The molecule has 1 saturated heterocycles. The average molecular weight is 400 g/mol. The molecule has 0 radical (unpaired) electrons. The van der Waals surface area contributed by atoms with E-state index < -0.39 is 22.9 Å². The number of hydrogen-bond donors (Lipinski definition) is 0. The van der Waals surface area contributed by atoms with Gasteiger partial charge >= 0.3 is 12.1 Å². The molecule has 0 aromatic heterocycles. The van der Waals surface area contributed by atoms with Crippen molar-refractivity contribution < 1.29 is 19.1 Å². The molecule has 5 nitrogen and oxygen atoms in total. The van der Waals surface area contributed by atoms with Gasteiger partial charge in [-0.1, -0.05) is 60.7 Å². The minimum Gasteiger partial charge on any atom is -0.459 e. The Morgan fingerprint density at radius 3 is 2.07 bits per heavy atom. The van der Waals surface area contributed by atoms with Crippen molar-refractivity contribution in [1.29, 1.82) is 0 Å². The van der Waals surface area contributed by atoms with E-state index in [-0.39, 0.29) is 13.2 Å². The molecular formula is C22H25NO4S. The smallest absolute Gasteiger partial charge is 0.410 e. The van der Waals surface area contributed by atoms with Gasteiger partial charge in [-0.05, 0) is 25.0 Å². The summed E-state index contributed by atoms with van der Waals surface area (Å²) in [6.07, 6.45) is -0.487. The van der Waals surface area contributed by atoms with Crippen LogP contribution in [0.4, 0.5) is 4.79 Å².